The van der Waals surface area contributed by atoms with E-state index in [0.29, 0.717) is 50.5 Å². The SMILES string of the molecule is CCOc1ccc(CCNC(=O)[C@@H]2CC(C)=CC[C@H]2C(=O)O)cc1OCC. The number of allylic oxidation sites excluding steroid dienone is 2. The van der Waals surface area contributed by atoms with Crippen LogP contribution in [0, 0.1) is 11.8 Å². The predicted molar refractivity (Wildman–Crippen MR) is 103 cm³/mol. The highest BCUT2D eigenvalue weighted by molar-refractivity contribution is 5.85. The van der Waals surface area contributed by atoms with E-state index in [2.05, 4.69) is 5.32 Å². The van der Waals surface area contributed by atoms with E-state index in [1.165, 1.54) is 0 Å². The lowest BCUT2D eigenvalue weighted by atomic mass is 9.79. The van der Waals surface area contributed by atoms with Gasteiger partial charge < -0.3 is 19.9 Å². The van der Waals surface area contributed by atoms with Gasteiger partial charge in [0, 0.05) is 6.54 Å². The maximum atomic E-state index is 12.5. The van der Waals surface area contributed by atoms with E-state index in [4.69, 9.17) is 9.47 Å². The first-order valence-electron chi connectivity index (χ1n) is 9.50. The molecule has 2 atom stereocenters. The molecule has 1 aliphatic rings. The fourth-order valence-electron chi connectivity index (χ4n) is 3.33. The lowest BCUT2D eigenvalue weighted by Gasteiger charge is -2.26. The number of nitrogens with one attached hydrogen (secondary N) is 1. The van der Waals surface area contributed by atoms with Crippen molar-refractivity contribution < 1.29 is 24.2 Å². The van der Waals surface area contributed by atoms with Crippen molar-refractivity contribution in [2.75, 3.05) is 19.8 Å². The molecule has 0 aromatic heterocycles. The molecule has 6 nitrogen and oxygen atoms in total. The molecule has 27 heavy (non-hydrogen) atoms. The zero-order valence-corrected chi connectivity index (χ0v) is 16.3. The van der Waals surface area contributed by atoms with Gasteiger partial charge in [0.25, 0.3) is 0 Å². The molecule has 0 unspecified atom stereocenters. The number of carboxylic acid groups (broad SMARTS) is 1. The Hall–Kier alpha value is -2.50. The van der Waals surface area contributed by atoms with Crippen molar-refractivity contribution in [3.63, 3.8) is 0 Å². The molecule has 148 valence electrons. The van der Waals surface area contributed by atoms with Gasteiger partial charge in [0.05, 0.1) is 25.0 Å². The molecule has 0 saturated heterocycles. The van der Waals surface area contributed by atoms with Crippen LogP contribution in [-0.4, -0.2) is 36.7 Å². The second-order valence-electron chi connectivity index (χ2n) is 6.73. The van der Waals surface area contributed by atoms with Crippen LogP contribution in [0.5, 0.6) is 11.5 Å². The van der Waals surface area contributed by atoms with Crippen molar-refractivity contribution in [1.82, 2.24) is 5.32 Å². The Balaban J connectivity index is 1.95. The molecule has 0 fully saturated rings. The van der Waals surface area contributed by atoms with Crippen LogP contribution < -0.4 is 14.8 Å². The Morgan fingerprint density at radius 2 is 1.85 bits per heavy atom. The summed E-state index contributed by atoms with van der Waals surface area (Å²) in [6.07, 6.45) is 3.46. The molecule has 1 aliphatic carbocycles. The van der Waals surface area contributed by atoms with Crippen LogP contribution in [0.3, 0.4) is 0 Å². The van der Waals surface area contributed by atoms with Crippen LogP contribution in [0.25, 0.3) is 0 Å². The van der Waals surface area contributed by atoms with Crippen molar-refractivity contribution in [3.05, 3.63) is 35.4 Å². The summed E-state index contributed by atoms with van der Waals surface area (Å²) >= 11 is 0. The van der Waals surface area contributed by atoms with E-state index >= 15 is 0 Å². The van der Waals surface area contributed by atoms with E-state index < -0.39 is 17.8 Å². The number of rotatable bonds is 9. The number of amides is 1. The number of hydrogen-bond acceptors (Lipinski definition) is 4. The number of ether oxygens (including phenoxy) is 2. The number of benzene rings is 1. The Morgan fingerprint density at radius 1 is 1.15 bits per heavy atom. The molecule has 1 aromatic carbocycles. The highest BCUT2D eigenvalue weighted by Crippen LogP contribution is 2.30. The third kappa shape index (κ3) is 5.74. The van der Waals surface area contributed by atoms with Crippen LogP contribution >= 0.6 is 0 Å². The summed E-state index contributed by atoms with van der Waals surface area (Å²) < 4.78 is 11.2. The summed E-state index contributed by atoms with van der Waals surface area (Å²) in [5.41, 5.74) is 2.09. The van der Waals surface area contributed by atoms with Gasteiger partial charge in [-0.25, -0.2) is 0 Å². The summed E-state index contributed by atoms with van der Waals surface area (Å²) in [7, 11) is 0. The van der Waals surface area contributed by atoms with Gasteiger partial charge in [-0.3, -0.25) is 9.59 Å². The van der Waals surface area contributed by atoms with Crippen LogP contribution in [-0.2, 0) is 16.0 Å². The second kappa shape index (κ2) is 10.00. The zero-order valence-electron chi connectivity index (χ0n) is 16.3. The lowest BCUT2D eigenvalue weighted by Crippen LogP contribution is -2.40. The smallest absolute Gasteiger partial charge is 0.307 e. The maximum absolute atomic E-state index is 12.5. The Kier molecular flexibility index (Phi) is 7.70. The highest BCUT2D eigenvalue weighted by atomic mass is 16.5. The molecule has 2 N–H and O–H groups in total. The summed E-state index contributed by atoms with van der Waals surface area (Å²) in [6.45, 7) is 7.34. The van der Waals surface area contributed by atoms with Gasteiger partial charge in [-0.05, 0) is 57.7 Å². The van der Waals surface area contributed by atoms with Crippen molar-refractivity contribution in [2.45, 2.75) is 40.0 Å². The molecule has 6 heteroatoms. The van der Waals surface area contributed by atoms with Gasteiger partial charge >= 0.3 is 5.97 Å². The molecule has 2 rings (SSSR count). The third-order valence-electron chi connectivity index (χ3n) is 4.72. The van der Waals surface area contributed by atoms with Gasteiger partial charge in [0.2, 0.25) is 5.91 Å². The number of carbonyl (C=O) groups excluding carboxylic acids is 1. The van der Waals surface area contributed by atoms with E-state index in [-0.39, 0.29) is 5.91 Å². The minimum absolute atomic E-state index is 0.189. The molecule has 1 aromatic rings. The van der Waals surface area contributed by atoms with Crippen LogP contribution in [0.2, 0.25) is 0 Å². The van der Waals surface area contributed by atoms with E-state index in [1.807, 2.05) is 45.0 Å². The van der Waals surface area contributed by atoms with E-state index in [1.54, 1.807) is 0 Å². The molecular formula is C21H29NO5. The maximum Gasteiger partial charge on any atom is 0.307 e. The molecule has 0 radical (unpaired) electrons. The second-order valence-corrected chi connectivity index (χ2v) is 6.73. The highest BCUT2D eigenvalue weighted by Gasteiger charge is 2.35. The van der Waals surface area contributed by atoms with E-state index in [0.717, 1.165) is 11.1 Å². The molecule has 1 amide bonds. The van der Waals surface area contributed by atoms with Crippen molar-refractivity contribution in [2.24, 2.45) is 11.8 Å². The third-order valence-corrected chi connectivity index (χ3v) is 4.72. The van der Waals surface area contributed by atoms with Crippen LogP contribution in [0.1, 0.15) is 39.2 Å². The summed E-state index contributed by atoms with van der Waals surface area (Å²) in [4.78, 5) is 23.9. The molecule has 0 aliphatic heterocycles. The van der Waals surface area contributed by atoms with Gasteiger partial charge in [-0.15, -0.1) is 0 Å². The van der Waals surface area contributed by atoms with Gasteiger partial charge in [0.15, 0.2) is 11.5 Å². The summed E-state index contributed by atoms with van der Waals surface area (Å²) in [5.74, 6) is -0.851. The first-order valence-corrected chi connectivity index (χ1v) is 9.50. The Bertz CT molecular complexity index is 698. The molecule has 0 heterocycles. The number of carboxylic acids is 1. The molecule has 0 bridgehead atoms. The average Bonchev–Trinajstić information content (AvgIpc) is 2.63. The topological polar surface area (TPSA) is 84.9 Å². The summed E-state index contributed by atoms with van der Waals surface area (Å²) in [6, 6.07) is 5.75. The first kappa shape index (κ1) is 20.8. The fraction of sp³-hybridized carbons (Fsp3) is 0.524. The molecular weight excluding hydrogens is 346 g/mol. The van der Waals surface area contributed by atoms with Gasteiger partial charge in [0.1, 0.15) is 0 Å². The largest absolute Gasteiger partial charge is 0.490 e. The minimum Gasteiger partial charge on any atom is -0.490 e. The van der Waals surface area contributed by atoms with Gasteiger partial charge in [-0.1, -0.05) is 17.7 Å². The van der Waals surface area contributed by atoms with Gasteiger partial charge in [-0.2, -0.15) is 0 Å². The molecule has 0 spiro atoms. The predicted octanol–water partition coefficient (Wildman–Crippen LogP) is 3.20. The average molecular weight is 375 g/mol. The molecule has 0 saturated carbocycles. The van der Waals surface area contributed by atoms with Crippen LogP contribution in [0.15, 0.2) is 29.8 Å². The number of hydrogen-bond donors (Lipinski definition) is 2. The summed E-state index contributed by atoms with van der Waals surface area (Å²) in [5, 5.41) is 12.3. The minimum atomic E-state index is -0.910. The van der Waals surface area contributed by atoms with E-state index in [9.17, 15) is 14.7 Å². The van der Waals surface area contributed by atoms with Crippen molar-refractivity contribution in [1.29, 1.82) is 0 Å². The monoisotopic (exact) mass is 375 g/mol. The standard InChI is InChI=1S/C21H29NO5/c1-4-26-18-9-7-15(13-19(18)27-5-2)10-11-22-20(23)17-12-14(3)6-8-16(17)21(24)25/h6-7,9,13,16-17H,4-5,8,10-12H2,1-3H3,(H,22,23)(H,24,25)/t16-,17-/m1/s1. The lowest BCUT2D eigenvalue weighted by molar-refractivity contribution is -0.147. The zero-order chi connectivity index (χ0) is 19.8. The quantitative estimate of drug-likeness (QED) is 0.648. The normalized spacial score (nSPS) is 19.1. The Labute approximate surface area is 160 Å². The number of aliphatic carboxylic acids is 1. The van der Waals surface area contributed by atoms with Crippen LogP contribution in [0.4, 0.5) is 0 Å². The number of carbonyl (C=O) groups is 2. The van der Waals surface area contributed by atoms with Crippen molar-refractivity contribution in [3.8, 4) is 11.5 Å². The fourth-order valence-corrected chi connectivity index (χ4v) is 3.33. The Morgan fingerprint density at radius 3 is 2.52 bits per heavy atom. The first-order chi connectivity index (χ1) is 13.0. The van der Waals surface area contributed by atoms with Crippen molar-refractivity contribution >= 4 is 11.9 Å².